The Kier molecular flexibility index (Phi) is 6.27. The van der Waals surface area contributed by atoms with Crippen molar-refractivity contribution < 1.29 is 13.9 Å². The van der Waals surface area contributed by atoms with E-state index in [-0.39, 0.29) is 11.9 Å². The molecule has 1 atom stereocenters. The van der Waals surface area contributed by atoms with Crippen LogP contribution in [-0.4, -0.2) is 11.9 Å². The number of ether oxygens (including phenoxy) is 1. The van der Waals surface area contributed by atoms with Crippen LogP contribution in [0.5, 0.6) is 5.75 Å². The third-order valence-electron chi connectivity index (χ3n) is 3.72. The second-order valence-electron chi connectivity index (χ2n) is 5.73. The van der Waals surface area contributed by atoms with Gasteiger partial charge in [0.2, 0.25) is 0 Å². The van der Waals surface area contributed by atoms with Gasteiger partial charge in [-0.25, -0.2) is 0 Å². The fourth-order valence-corrected chi connectivity index (χ4v) is 2.17. The van der Waals surface area contributed by atoms with Crippen molar-refractivity contribution in [1.29, 1.82) is 0 Å². The molecule has 1 unspecified atom stereocenters. The molecule has 1 amide bonds. The van der Waals surface area contributed by atoms with E-state index in [4.69, 9.17) is 9.15 Å². The van der Waals surface area contributed by atoms with Gasteiger partial charge in [-0.3, -0.25) is 4.79 Å². The first kappa shape index (κ1) is 17.1. The lowest BCUT2D eigenvalue weighted by Gasteiger charge is -2.09. The maximum Gasteiger partial charge on any atom is 0.287 e. The van der Waals surface area contributed by atoms with E-state index < -0.39 is 0 Å². The van der Waals surface area contributed by atoms with Gasteiger partial charge in [-0.15, -0.1) is 0 Å². The second kappa shape index (κ2) is 8.42. The van der Waals surface area contributed by atoms with Crippen LogP contribution in [0.4, 0.5) is 0 Å². The number of hydrogen-bond donors (Lipinski definition) is 1. The normalized spacial score (nSPS) is 12.0. The zero-order chi connectivity index (χ0) is 16.7. The number of furan rings is 1. The summed E-state index contributed by atoms with van der Waals surface area (Å²) in [4.78, 5) is 12.0. The predicted octanol–water partition coefficient (Wildman–Crippen LogP) is 4.34. The molecule has 1 heterocycles. The van der Waals surface area contributed by atoms with E-state index in [1.165, 1.54) is 5.56 Å². The summed E-state index contributed by atoms with van der Waals surface area (Å²) in [6, 6.07) is 11.7. The molecule has 0 bridgehead atoms. The molecule has 0 spiro atoms. The van der Waals surface area contributed by atoms with Crippen molar-refractivity contribution in [2.45, 2.75) is 52.7 Å². The number of benzene rings is 1. The van der Waals surface area contributed by atoms with Gasteiger partial charge < -0.3 is 14.5 Å². The molecule has 1 aromatic carbocycles. The van der Waals surface area contributed by atoms with Gasteiger partial charge in [0.25, 0.3) is 5.91 Å². The Morgan fingerprint density at radius 2 is 1.91 bits per heavy atom. The molecule has 23 heavy (non-hydrogen) atoms. The van der Waals surface area contributed by atoms with Gasteiger partial charge in [-0.05, 0) is 49.6 Å². The molecule has 1 aromatic heterocycles. The summed E-state index contributed by atoms with van der Waals surface area (Å²) in [6.45, 7) is 6.46. The van der Waals surface area contributed by atoms with Crippen LogP contribution in [0.25, 0.3) is 0 Å². The van der Waals surface area contributed by atoms with Gasteiger partial charge in [0.15, 0.2) is 5.76 Å². The second-order valence-corrected chi connectivity index (χ2v) is 5.73. The minimum atomic E-state index is -0.186. The Balaban J connectivity index is 1.88. The molecule has 0 radical (unpaired) electrons. The van der Waals surface area contributed by atoms with Gasteiger partial charge in [0.05, 0.1) is 0 Å². The monoisotopic (exact) mass is 315 g/mol. The number of carbonyl (C=O) groups is 1. The molecule has 0 aliphatic carbocycles. The van der Waals surface area contributed by atoms with E-state index in [2.05, 4.69) is 24.4 Å². The summed E-state index contributed by atoms with van der Waals surface area (Å²) in [5.41, 5.74) is 1.31. The lowest BCUT2D eigenvalue weighted by Crippen LogP contribution is -2.31. The van der Waals surface area contributed by atoms with Crippen molar-refractivity contribution in [2.75, 3.05) is 0 Å². The third kappa shape index (κ3) is 5.16. The standard InChI is InChI=1S/C19H25NO3/c1-4-6-15-7-9-16(10-8-15)22-13-17-11-12-18(23-17)19(21)20-14(3)5-2/h7-12,14H,4-6,13H2,1-3H3,(H,20,21). The van der Waals surface area contributed by atoms with Crippen molar-refractivity contribution in [3.63, 3.8) is 0 Å². The van der Waals surface area contributed by atoms with E-state index in [1.54, 1.807) is 12.1 Å². The first-order chi connectivity index (χ1) is 11.1. The average molecular weight is 315 g/mol. The van der Waals surface area contributed by atoms with Gasteiger partial charge in [0.1, 0.15) is 18.1 Å². The van der Waals surface area contributed by atoms with Crippen LogP contribution in [0.2, 0.25) is 0 Å². The molecule has 2 rings (SSSR count). The maximum atomic E-state index is 12.0. The summed E-state index contributed by atoms with van der Waals surface area (Å²) in [5.74, 6) is 1.57. The highest BCUT2D eigenvalue weighted by atomic mass is 16.5. The fraction of sp³-hybridized carbons (Fsp3) is 0.421. The SMILES string of the molecule is CCCc1ccc(OCc2ccc(C(=O)NC(C)CC)o2)cc1. The van der Waals surface area contributed by atoms with E-state index >= 15 is 0 Å². The predicted molar refractivity (Wildman–Crippen MR) is 90.7 cm³/mol. The molecule has 0 saturated heterocycles. The van der Waals surface area contributed by atoms with Crippen LogP contribution in [0.3, 0.4) is 0 Å². The summed E-state index contributed by atoms with van der Waals surface area (Å²) >= 11 is 0. The zero-order valence-corrected chi connectivity index (χ0v) is 14.1. The Bertz CT molecular complexity index is 616. The molecule has 2 aromatic rings. The van der Waals surface area contributed by atoms with Gasteiger partial charge in [-0.2, -0.15) is 0 Å². The summed E-state index contributed by atoms with van der Waals surface area (Å²) in [7, 11) is 0. The van der Waals surface area contributed by atoms with Gasteiger partial charge >= 0.3 is 0 Å². The van der Waals surface area contributed by atoms with Crippen LogP contribution >= 0.6 is 0 Å². The largest absolute Gasteiger partial charge is 0.486 e. The molecule has 0 fully saturated rings. The highest BCUT2D eigenvalue weighted by molar-refractivity contribution is 5.91. The van der Waals surface area contributed by atoms with Crippen molar-refractivity contribution in [3.05, 3.63) is 53.5 Å². The molecule has 1 N–H and O–H groups in total. The van der Waals surface area contributed by atoms with Crippen molar-refractivity contribution in [1.82, 2.24) is 5.32 Å². The number of carbonyl (C=O) groups excluding carboxylic acids is 1. The molecular weight excluding hydrogens is 290 g/mol. The van der Waals surface area contributed by atoms with E-state index in [0.717, 1.165) is 25.0 Å². The minimum Gasteiger partial charge on any atom is -0.486 e. The zero-order valence-electron chi connectivity index (χ0n) is 14.1. The number of rotatable bonds is 8. The highest BCUT2D eigenvalue weighted by Gasteiger charge is 2.13. The number of aryl methyl sites for hydroxylation is 1. The molecule has 4 heteroatoms. The summed E-state index contributed by atoms with van der Waals surface area (Å²) in [5, 5.41) is 2.88. The number of nitrogens with one attached hydrogen (secondary N) is 1. The van der Waals surface area contributed by atoms with E-state index in [1.807, 2.05) is 26.0 Å². The van der Waals surface area contributed by atoms with Crippen LogP contribution in [-0.2, 0) is 13.0 Å². The molecule has 0 saturated carbocycles. The van der Waals surface area contributed by atoms with Crippen LogP contribution in [0.15, 0.2) is 40.8 Å². The number of hydrogen-bond acceptors (Lipinski definition) is 3. The van der Waals surface area contributed by atoms with Gasteiger partial charge in [-0.1, -0.05) is 32.4 Å². The molecule has 4 nitrogen and oxygen atoms in total. The molecule has 0 aliphatic heterocycles. The average Bonchev–Trinajstić information content (AvgIpc) is 3.03. The first-order valence-electron chi connectivity index (χ1n) is 8.23. The Hall–Kier alpha value is -2.23. The molecule has 0 aliphatic rings. The van der Waals surface area contributed by atoms with Crippen molar-refractivity contribution >= 4 is 5.91 Å². The third-order valence-corrected chi connectivity index (χ3v) is 3.72. The Morgan fingerprint density at radius 3 is 2.57 bits per heavy atom. The smallest absolute Gasteiger partial charge is 0.287 e. The highest BCUT2D eigenvalue weighted by Crippen LogP contribution is 2.16. The van der Waals surface area contributed by atoms with Crippen LogP contribution in [0, 0.1) is 0 Å². The minimum absolute atomic E-state index is 0.133. The van der Waals surface area contributed by atoms with Crippen molar-refractivity contribution in [3.8, 4) is 5.75 Å². The van der Waals surface area contributed by atoms with E-state index in [9.17, 15) is 4.79 Å². The molecule has 124 valence electrons. The Labute approximate surface area is 137 Å². The van der Waals surface area contributed by atoms with E-state index in [0.29, 0.717) is 18.1 Å². The summed E-state index contributed by atoms with van der Waals surface area (Å²) in [6.07, 6.45) is 3.09. The molecular formula is C19H25NO3. The van der Waals surface area contributed by atoms with Crippen LogP contribution in [0.1, 0.15) is 55.5 Å². The Morgan fingerprint density at radius 1 is 1.17 bits per heavy atom. The quantitative estimate of drug-likeness (QED) is 0.788. The van der Waals surface area contributed by atoms with Crippen LogP contribution < -0.4 is 10.1 Å². The van der Waals surface area contributed by atoms with Crippen molar-refractivity contribution in [2.24, 2.45) is 0 Å². The summed E-state index contributed by atoms with van der Waals surface area (Å²) < 4.78 is 11.2. The fourth-order valence-electron chi connectivity index (χ4n) is 2.17. The maximum absolute atomic E-state index is 12.0. The number of amides is 1. The topological polar surface area (TPSA) is 51.5 Å². The lowest BCUT2D eigenvalue weighted by molar-refractivity contribution is 0.0907. The first-order valence-corrected chi connectivity index (χ1v) is 8.23. The van der Waals surface area contributed by atoms with Gasteiger partial charge in [0, 0.05) is 6.04 Å². The lowest BCUT2D eigenvalue weighted by atomic mass is 10.1.